The van der Waals surface area contributed by atoms with Crippen molar-refractivity contribution in [1.29, 1.82) is 0 Å². The number of aromatic nitrogens is 4. The smallest absolute Gasteiger partial charge is 0.227 e. The third kappa shape index (κ3) is 2.74. The number of halogens is 1. The summed E-state index contributed by atoms with van der Waals surface area (Å²) < 4.78 is 13.2. The third-order valence-corrected chi connectivity index (χ3v) is 3.47. The van der Waals surface area contributed by atoms with Crippen molar-refractivity contribution in [3.63, 3.8) is 0 Å². The molecule has 6 heteroatoms. The molecule has 2 aromatic heterocycles. The van der Waals surface area contributed by atoms with Gasteiger partial charge in [-0.05, 0) is 36.4 Å². The second-order valence-corrected chi connectivity index (χ2v) is 5.07. The molecule has 23 heavy (non-hydrogen) atoms. The molecule has 0 saturated heterocycles. The number of aromatic amines is 1. The topological polar surface area (TPSA) is 66.5 Å². The minimum absolute atomic E-state index is 0.309. The fraction of sp³-hybridized carbons (Fsp3) is 0. The highest BCUT2D eigenvalue weighted by Gasteiger charge is 2.05. The SMILES string of the molecule is Fc1cccc(Nc2nccc(-c3ccc4[nH]ncc4c3)n2)c1. The Hall–Kier alpha value is -3.28. The lowest BCUT2D eigenvalue weighted by molar-refractivity contribution is 0.628. The average molecular weight is 305 g/mol. The summed E-state index contributed by atoms with van der Waals surface area (Å²) in [6, 6.07) is 13.9. The summed E-state index contributed by atoms with van der Waals surface area (Å²) in [7, 11) is 0. The molecule has 0 unspecified atom stereocenters. The van der Waals surface area contributed by atoms with E-state index < -0.39 is 0 Å². The molecule has 0 aliphatic heterocycles. The summed E-state index contributed by atoms with van der Waals surface area (Å²) in [5.41, 5.74) is 3.32. The molecular weight excluding hydrogens is 293 g/mol. The summed E-state index contributed by atoms with van der Waals surface area (Å²) in [5, 5.41) is 10.9. The number of hydrogen-bond donors (Lipinski definition) is 2. The Morgan fingerprint density at radius 1 is 1.04 bits per heavy atom. The minimum Gasteiger partial charge on any atom is -0.324 e. The van der Waals surface area contributed by atoms with Crippen molar-refractivity contribution in [3.8, 4) is 11.3 Å². The minimum atomic E-state index is -0.309. The van der Waals surface area contributed by atoms with E-state index in [1.807, 2.05) is 24.3 Å². The van der Waals surface area contributed by atoms with E-state index in [0.29, 0.717) is 11.6 Å². The maximum absolute atomic E-state index is 13.2. The fourth-order valence-electron chi connectivity index (χ4n) is 2.38. The lowest BCUT2D eigenvalue weighted by Gasteiger charge is -2.07. The van der Waals surface area contributed by atoms with Gasteiger partial charge in [-0.1, -0.05) is 12.1 Å². The Balaban J connectivity index is 1.67. The van der Waals surface area contributed by atoms with Gasteiger partial charge in [0.25, 0.3) is 0 Å². The van der Waals surface area contributed by atoms with E-state index in [0.717, 1.165) is 22.2 Å². The van der Waals surface area contributed by atoms with E-state index >= 15 is 0 Å². The van der Waals surface area contributed by atoms with Gasteiger partial charge in [0.05, 0.1) is 17.4 Å². The van der Waals surface area contributed by atoms with Crippen molar-refractivity contribution in [2.24, 2.45) is 0 Å². The highest BCUT2D eigenvalue weighted by molar-refractivity contribution is 5.83. The van der Waals surface area contributed by atoms with E-state index in [1.54, 1.807) is 24.5 Å². The van der Waals surface area contributed by atoms with Crippen LogP contribution in [0.4, 0.5) is 16.0 Å². The van der Waals surface area contributed by atoms with Crippen LogP contribution in [0.25, 0.3) is 22.2 Å². The predicted octanol–water partition coefficient (Wildman–Crippen LogP) is 3.90. The molecule has 2 heterocycles. The second-order valence-electron chi connectivity index (χ2n) is 5.07. The van der Waals surface area contributed by atoms with Crippen LogP contribution in [0.2, 0.25) is 0 Å². The quantitative estimate of drug-likeness (QED) is 0.602. The van der Waals surface area contributed by atoms with Gasteiger partial charge in [0.1, 0.15) is 5.82 Å². The first kappa shape index (κ1) is 13.4. The molecule has 112 valence electrons. The number of nitrogens with zero attached hydrogens (tertiary/aromatic N) is 3. The van der Waals surface area contributed by atoms with Gasteiger partial charge in [-0.15, -0.1) is 0 Å². The average Bonchev–Trinajstić information content (AvgIpc) is 3.03. The number of anilines is 2. The van der Waals surface area contributed by atoms with Gasteiger partial charge in [0, 0.05) is 22.8 Å². The zero-order chi connectivity index (χ0) is 15.6. The van der Waals surface area contributed by atoms with Gasteiger partial charge >= 0.3 is 0 Å². The number of benzene rings is 2. The van der Waals surface area contributed by atoms with Gasteiger partial charge in [0.2, 0.25) is 5.95 Å². The number of hydrogen-bond acceptors (Lipinski definition) is 4. The Morgan fingerprint density at radius 2 is 2.00 bits per heavy atom. The molecule has 0 fully saturated rings. The molecular formula is C17H12FN5. The van der Waals surface area contributed by atoms with E-state index in [4.69, 9.17) is 0 Å². The zero-order valence-corrected chi connectivity index (χ0v) is 12.0. The van der Waals surface area contributed by atoms with Gasteiger partial charge in [-0.25, -0.2) is 14.4 Å². The monoisotopic (exact) mass is 305 g/mol. The number of rotatable bonds is 3. The van der Waals surface area contributed by atoms with Crippen molar-refractivity contribution in [3.05, 3.63) is 66.7 Å². The van der Waals surface area contributed by atoms with Crippen LogP contribution >= 0.6 is 0 Å². The summed E-state index contributed by atoms with van der Waals surface area (Å²) in [5.74, 6) is 0.108. The molecule has 0 aliphatic carbocycles. The fourth-order valence-corrected chi connectivity index (χ4v) is 2.38. The molecule has 0 radical (unpaired) electrons. The van der Waals surface area contributed by atoms with E-state index in [1.165, 1.54) is 12.1 Å². The lowest BCUT2D eigenvalue weighted by atomic mass is 10.1. The van der Waals surface area contributed by atoms with Crippen LogP contribution in [-0.4, -0.2) is 20.2 Å². The molecule has 0 bridgehead atoms. The maximum Gasteiger partial charge on any atom is 0.227 e. The summed E-state index contributed by atoms with van der Waals surface area (Å²) in [4.78, 5) is 8.66. The Labute approximate surface area is 131 Å². The predicted molar refractivity (Wildman–Crippen MR) is 86.8 cm³/mol. The van der Waals surface area contributed by atoms with Gasteiger partial charge in [-0.3, -0.25) is 5.10 Å². The van der Waals surface area contributed by atoms with E-state index in [9.17, 15) is 4.39 Å². The van der Waals surface area contributed by atoms with Gasteiger partial charge in [-0.2, -0.15) is 5.10 Å². The lowest BCUT2D eigenvalue weighted by Crippen LogP contribution is -1.98. The van der Waals surface area contributed by atoms with Crippen LogP contribution in [0.15, 0.2) is 60.9 Å². The molecule has 5 nitrogen and oxygen atoms in total. The largest absolute Gasteiger partial charge is 0.324 e. The first-order valence-electron chi connectivity index (χ1n) is 7.07. The van der Waals surface area contributed by atoms with Crippen molar-refractivity contribution in [1.82, 2.24) is 20.2 Å². The van der Waals surface area contributed by atoms with Crippen LogP contribution in [0.1, 0.15) is 0 Å². The van der Waals surface area contributed by atoms with Crippen LogP contribution in [-0.2, 0) is 0 Å². The molecule has 0 atom stereocenters. The molecule has 0 spiro atoms. The highest BCUT2D eigenvalue weighted by Crippen LogP contribution is 2.23. The summed E-state index contributed by atoms with van der Waals surface area (Å²) >= 11 is 0. The number of nitrogens with one attached hydrogen (secondary N) is 2. The number of H-pyrrole nitrogens is 1. The second kappa shape index (κ2) is 5.49. The Morgan fingerprint density at radius 3 is 2.91 bits per heavy atom. The number of fused-ring (bicyclic) bond motifs is 1. The molecule has 2 aromatic carbocycles. The Bertz CT molecular complexity index is 979. The molecule has 0 amide bonds. The maximum atomic E-state index is 13.2. The Kier molecular flexibility index (Phi) is 3.20. The normalized spacial score (nSPS) is 10.8. The van der Waals surface area contributed by atoms with Gasteiger partial charge in [0.15, 0.2) is 0 Å². The van der Waals surface area contributed by atoms with Crippen molar-refractivity contribution in [2.45, 2.75) is 0 Å². The molecule has 0 aliphatic rings. The van der Waals surface area contributed by atoms with Crippen LogP contribution in [0.5, 0.6) is 0 Å². The zero-order valence-electron chi connectivity index (χ0n) is 12.0. The molecule has 4 rings (SSSR count). The summed E-state index contributed by atoms with van der Waals surface area (Å²) in [6.45, 7) is 0. The van der Waals surface area contributed by atoms with Crippen LogP contribution < -0.4 is 5.32 Å². The summed E-state index contributed by atoms with van der Waals surface area (Å²) in [6.07, 6.45) is 3.44. The van der Waals surface area contributed by atoms with Crippen molar-refractivity contribution < 1.29 is 4.39 Å². The van der Waals surface area contributed by atoms with Crippen LogP contribution in [0.3, 0.4) is 0 Å². The van der Waals surface area contributed by atoms with Crippen LogP contribution in [0, 0.1) is 5.82 Å². The molecule has 0 saturated carbocycles. The molecule has 4 aromatic rings. The van der Waals surface area contributed by atoms with Crippen molar-refractivity contribution >= 4 is 22.5 Å². The first-order chi connectivity index (χ1) is 11.3. The third-order valence-electron chi connectivity index (χ3n) is 3.47. The van der Waals surface area contributed by atoms with E-state index in [-0.39, 0.29) is 5.82 Å². The highest BCUT2D eigenvalue weighted by atomic mass is 19.1. The first-order valence-corrected chi connectivity index (χ1v) is 7.07. The standard InChI is InChI=1S/C17H12FN5/c18-13-2-1-3-14(9-13)21-17-19-7-6-15(22-17)11-4-5-16-12(8-11)10-20-23-16/h1-10H,(H,20,23)(H,19,21,22). The van der Waals surface area contributed by atoms with E-state index in [2.05, 4.69) is 25.5 Å². The molecule has 2 N–H and O–H groups in total. The van der Waals surface area contributed by atoms with Gasteiger partial charge < -0.3 is 5.32 Å². The van der Waals surface area contributed by atoms with Crippen molar-refractivity contribution in [2.75, 3.05) is 5.32 Å².